The van der Waals surface area contributed by atoms with Gasteiger partial charge in [0.15, 0.2) is 0 Å². The van der Waals surface area contributed by atoms with E-state index >= 15 is 0 Å². The number of ether oxygens (including phenoxy) is 1. The first-order chi connectivity index (χ1) is 9.82. The van der Waals surface area contributed by atoms with Gasteiger partial charge in [-0.1, -0.05) is 12.1 Å². The van der Waals surface area contributed by atoms with Crippen LogP contribution >= 0.6 is 0 Å². The van der Waals surface area contributed by atoms with Crippen LogP contribution in [0, 0.1) is 6.92 Å². The third-order valence-corrected chi connectivity index (χ3v) is 2.95. The van der Waals surface area contributed by atoms with E-state index in [1.807, 2.05) is 13.8 Å². The van der Waals surface area contributed by atoms with Crippen LogP contribution < -0.4 is 5.32 Å². The molecule has 0 atom stereocenters. The number of aryl methyl sites for hydroxylation is 1. The number of amides is 2. The molecule has 0 aliphatic heterocycles. The molecule has 1 aromatic rings. The molecule has 0 saturated carbocycles. The number of nitrogens with one attached hydrogen (secondary N) is 1. The van der Waals surface area contributed by atoms with Crippen molar-refractivity contribution in [2.45, 2.75) is 26.9 Å². The molecule has 2 amide bonds. The van der Waals surface area contributed by atoms with Crippen LogP contribution in [0.2, 0.25) is 0 Å². The first-order valence-corrected chi connectivity index (χ1v) is 6.79. The standard InChI is InChI=1S/C15H22N2O4/c1-10(2)21-9-8-17(4)15(20)16-12-7-5-6-11(3)13(12)14(18)19/h5-7,10H,8-9H2,1-4H3,(H,16,20)(H,18,19). The second-order valence-corrected chi connectivity index (χ2v) is 5.07. The minimum atomic E-state index is -1.06. The Hall–Kier alpha value is -2.08. The largest absolute Gasteiger partial charge is 0.478 e. The van der Waals surface area contributed by atoms with E-state index in [9.17, 15) is 14.7 Å². The fraction of sp³-hybridized carbons (Fsp3) is 0.467. The zero-order valence-corrected chi connectivity index (χ0v) is 12.8. The summed E-state index contributed by atoms with van der Waals surface area (Å²) in [5.41, 5.74) is 1.01. The van der Waals surface area contributed by atoms with Gasteiger partial charge in [-0.15, -0.1) is 0 Å². The van der Waals surface area contributed by atoms with Crippen molar-refractivity contribution in [3.8, 4) is 0 Å². The van der Waals surface area contributed by atoms with Crippen LogP contribution in [0.3, 0.4) is 0 Å². The topological polar surface area (TPSA) is 78.9 Å². The molecule has 21 heavy (non-hydrogen) atoms. The summed E-state index contributed by atoms with van der Waals surface area (Å²) in [6.45, 7) is 6.40. The molecule has 0 spiro atoms. The number of rotatable bonds is 6. The van der Waals surface area contributed by atoms with Crippen molar-refractivity contribution in [3.05, 3.63) is 29.3 Å². The maximum Gasteiger partial charge on any atom is 0.338 e. The smallest absolute Gasteiger partial charge is 0.338 e. The molecule has 0 unspecified atom stereocenters. The average molecular weight is 294 g/mol. The number of carboxylic acids is 1. The molecule has 0 aliphatic carbocycles. The summed E-state index contributed by atoms with van der Waals surface area (Å²) in [5, 5.41) is 11.8. The number of carboxylic acid groups (broad SMARTS) is 1. The van der Waals surface area contributed by atoms with Crippen molar-refractivity contribution in [2.24, 2.45) is 0 Å². The summed E-state index contributed by atoms with van der Waals surface area (Å²) in [6, 6.07) is 4.61. The molecular formula is C15H22N2O4. The highest BCUT2D eigenvalue weighted by Gasteiger charge is 2.16. The highest BCUT2D eigenvalue weighted by molar-refractivity contribution is 6.01. The zero-order chi connectivity index (χ0) is 16.0. The molecule has 0 bridgehead atoms. The lowest BCUT2D eigenvalue weighted by atomic mass is 10.1. The number of benzene rings is 1. The molecule has 0 aliphatic rings. The zero-order valence-electron chi connectivity index (χ0n) is 12.8. The number of urea groups is 1. The average Bonchev–Trinajstić information content (AvgIpc) is 2.37. The Labute approximate surface area is 124 Å². The van der Waals surface area contributed by atoms with E-state index in [-0.39, 0.29) is 17.7 Å². The van der Waals surface area contributed by atoms with E-state index in [2.05, 4.69) is 5.32 Å². The second-order valence-electron chi connectivity index (χ2n) is 5.07. The summed E-state index contributed by atoms with van der Waals surface area (Å²) >= 11 is 0. The van der Waals surface area contributed by atoms with Gasteiger partial charge >= 0.3 is 12.0 Å². The molecule has 0 aromatic heterocycles. The first kappa shape index (κ1) is 17.0. The first-order valence-electron chi connectivity index (χ1n) is 6.79. The summed E-state index contributed by atoms with van der Waals surface area (Å²) in [7, 11) is 1.63. The Bertz CT molecular complexity index is 514. The molecule has 0 fully saturated rings. The van der Waals surface area contributed by atoms with E-state index < -0.39 is 5.97 Å². The number of aromatic carboxylic acids is 1. The van der Waals surface area contributed by atoms with Gasteiger partial charge in [-0.25, -0.2) is 9.59 Å². The maximum atomic E-state index is 12.0. The summed E-state index contributed by atoms with van der Waals surface area (Å²) < 4.78 is 5.38. The molecule has 0 heterocycles. The molecule has 0 radical (unpaired) electrons. The minimum absolute atomic E-state index is 0.108. The van der Waals surface area contributed by atoms with E-state index in [0.29, 0.717) is 24.4 Å². The van der Waals surface area contributed by atoms with E-state index in [4.69, 9.17) is 4.74 Å². The van der Waals surface area contributed by atoms with Crippen LogP contribution in [-0.2, 0) is 4.74 Å². The Kier molecular flexibility index (Phi) is 6.17. The number of carbonyl (C=O) groups excluding carboxylic acids is 1. The Morgan fingerprint density at radius 1 is 1.38 bits per heavy atom. The van der Waals surface area contributed by atoms with Gasteiger partial charge in [0.25, 0.3) is 0 Å². The van der Waals surface area contributed by atoms with Crippen LogP contribution in [0.25, 0.3) is 0 Å². The molecule has 2 N–H and O–H groups in total. The molecule has 0 saturated heterocycles. The minimum Gasteiger partial charge on any atom is -0.478 e. The lowest BCUT2D eigenvalue weighted by molar-refractivity contribution is 0.0687. The monoisotopic (exact) mass is 294 g/mol. The number of anilines is 1. The number of likely N-dealkylation sites (N-methyl/N-ethyl adjacent to an activating group) is 1. The van der Waals surface area contributed by atoms with E-state index in [1.54, 1.807) is 32.2 Å². The van der Waals surface area contributed by atoms with Gasteiger partial charge in [-0.3, -0.25) is 0 Å². The third-order valence-electron chi connectivity index (χ3n) is 2.95. The van der Waals surface area contributed by atoms with Crippen LogP contribution in [0.15, 0.2) is 18.2 Å². The van der Waals surface area contributed by atoms with Crippen molar-refractivity contribution in [3.63, 3.8) is 0 Å². The Morgan fingerprint density at radius 3 is 2.62 bits per heavy atom. The van der Waals surface area contributed by atoms with Crippen LogP contribution in [-0.4, -0.2) is 48.3 Å². The lowest BCUT2D eigenvalue weighted by Gasteiger charge is -2.19. The molecular weight excluding hydrogens is 272 g/mol. The van der Waals surface area contributed by atoms with Gasteiger partial charge in [-0.05, 0) is 32.4 Å². The van der Waals surface area contributed by atoms with Gasteiger partial charge in [0, 0.05) is 13.6 Å². The van der Waals surface area contributed by atoms with Crippen LogP contribution in [0.4, 0.5) is 10.5 Å². The van der Waals surface area contributed by atoms with E-state index in [1.165, 1.54) is 4.90 Å². The predicted octanol–water partition coefficient (Wildman–Crippen LogP) is 2.58. The third kappa shape index (κ3) is 5.07. The molecule has 6 heteroatoms. The molecule has 1 rings (SSSR count). The molecule has 116 valence electrons. The van der Waals surface area contributed by atoms with E-state index in [0.717, 1.165) is 0 Å². The highest BCUT2D eigenvalue weighted by Crippen LogP contribution is 2.19. The Balaban J connectivity index is 2.70. The van der Waals surface area contributed by atoms with Crippen LogP contribution in [0.5, 0.6) is 0 Å². The quantitative estimate of drug-likeness (QED) is 0.845. The SMILES string of the molecule is Cc1cccc(NC(=O)N(C)CCOC(C)C)c1C(=O)O. The fourth-order valence-electron chi connectivity index (χ4n) is 1.79. The van der Waals surface area contributed by atoms with Gasteiger partial charge in [-0.2, -0.15) is 0 Å². The number of hydrogen-bond acceptors (Lipinski definition) is 3. The van der Waals surface area contributed by atoms with Gasteiger partial charge in [0.05, 0.1) is 24.0 Å². The number of hydrogen-bond donors (Lipinski definition) is 2. The second kappa shape index (κ2) is 7.64. The van der Waals surface area contributed by atoms with Crippen molar-refractivity contribution < 1.29 is 19.4 Å². The van der Waals surface area contributed by atoms with Crippen molar-refractivity contribution in [2.75, 3.05) is 25.5 Å². The van der Waals surface area contributed by atoms with Gasteiger partial charge in [0.2, 0.25) is 0 Å². The fourth-order valence-corrected chi connectivity index (χ4v) is 1.79. The summed E-state index contributed by atoms with van der Waals surface area (Å²) in [5.74, 6) is -1.06. The van der Waals surface area contributed by atoms with Crippen LogP contribution in [0.1, 0.15) is 29.8 Å². The number of carbonyl (C=O) groups is 2. The summed E-state index contributed by atoms with van der Waals surface area (Å²) in [6.07, 6.45) is 0.108. The Morgan fingerprint density at radius 2 is 2.05 bits per heavy atom. The summed E-state index contributed by atoms with van der Waals surface area (Å²) in [4.78, 5) is 24.8. The highest BCUT2D eigenvalue weighted by atomic mass is 16.5. The number of nitrogens with zero attached hydrogens (tertiary/aromatic N) is 1. The molecule has 6 nitrogen and oxygen atoms in total. The predicted molar refractivity (Wildman–Crippen MR) is 80.9 cm³/mol. The van der Waals surface area contributed by atoms with Gasteiger partial charge < -0.3 is 20.1 Å². The maximum absolute atomic E-state index is 12.0. The lowest BCUT2D eigenvalue weighted by Crippen LogP contribution is -2.34. The van der Waals surface area contributed by atoms with Crippen molar-refractivity contribution in [1.29, 1.82) is 0 Å². The van der Waals surface area contributed by atoms with Crippen molar-refractivity contribution >= 4 is 17.7 Å². The molecule has 1 aromatic carbocycles. The van der Waals surface area contributed by atoms with Crippen molar-refractivity contribution in [1.82, 2.24) is 4.90 Å². The van der Waals surface area contributed by atoms with Gasteiger partial charge in [0.1, 0.15) is 0 Å². The normalized spacial score (nSPS) is 10.5.